The van der Waals surface area contributed by atoms with Crippen molar-refractivity contribution in [2.24, 2.45) is 0 Å². The van der Waals surface area contributed by atoms with E-state index >= 15 is 0 Å². The summed E-state index contributed by atoms with van der Waals surface area (Å²) in [6.07, 6.45) is 0. The lowest BCUT2D eigenvalue weighted by Crippen LogP contribution is -2.08. The molecule has 1 aromatic heterocycles. The molecule has 0 aliphatic heterocycles. The van der Waals surface area contributed by atoms with Gasteiger partial charge < -0.3 is 9.47 Å². The monoisotopic (exact) mass is 287 g/mol. The Bertz CT molecular complexity index is 419. The Morgan fingerprint density at radius 1 is 1.44 bits per heavy atom. The molecule has 1 aromatic rings. The summed E-state index contributed by atoms with van der Waals surface area (Å²) in [7, 11) is 1.27. The molecule has 86 valence electrons. The number of carbonyl (C=O) groups is 2. The van der Waals surface area contributed by atoms with E-state index < -0.39 is 11.9 Å². The van der Waals surface area contributed by atoms with Crippen molar-refractivity contribution in [3.8, 4) is 0 Å². The summed E-state index contributed by atoms with van der Waals surface area (Å²) < 4.78 is 9.99. The van der Waals surface area contributed by atoms with Crippen LogP contribution in [0.5, 0.6) is 0 Å². The normalized spacial score (nSPS) is 9.69. The molecule has 0 saturated carbocycles. The number of rotatable bonds is 3. The van der Waals surface area contributed by atoms with Crippen LogP contribution in [0, 0.1) is 0 Å². The van der Waals surface area contributed by atoms with E-state index in [-0.39, 0.29) is 12.3 Å². The molecule has 0 atom stereocenters. The number of ether oxygens (including phenoxy) is 2. The average Bonchev–Trinajstić information content (AvgIpc) is 2.24. The van der Waals surface area contributed by atoms with Gasteiger partial charge in [-0.15, -0.1) is 0 Å². The van der Waals surface area contributed by atoms with Crippen molar-refractivity contribution in [2.45, 2.75) is 13.5 Å². The maximum Gasteiger partial charge on any atom is 0.356 e. The lowest BCUT2D eigenvalue weighted by molar-refractivity contribution is -0.142. The van der Waals surface area contributed by atoms with Crippen LogP contribution in [0.3, 0.4) is 0 Å². The Morgan fingerprint density at radius 3 is 2.69 bits per heavy atom. The summed E-state index contributed by atoms with van der Waals surface area (Å²) in [4.78, 5) is 25.9. The molecule has 0 aliphatic carbocycles. The van der Waals surface area contributed by atoms with Gasteiger partial charge in [0, 0.05) is 11.4 Å². The second kappa shape index (κ2) is 5.60. The number of hydrogen-bond acceptors (Lipinski definition) is 5. The first-order valence-corrected chi connectivity index (χ1v) is 5.20. The van der Waals surface area contributed by atoms with Gasteiger partial charge in [-0.05, 0) is 12.1 Å². The predicted octanol–water partition coefficient (Wildman–Crippen LogP) is 1.69. The number of carbonyl (C=O) groups excluding carboxylic acids is 2. The third-order valence-corrected chi connectivity index (χ3v) is 2.12. The van der Waals surface area contributed by atoms with Crippen LogP contribution in [0.1, 0.15) is 23.1 Å². The molecule has 0 bridgehead atoms. The molecule has 1 heterocycles. The summed E-state index contributed by atoms with van der Waals surface area (Å²) in [6, 6.07) is 3.19. The standard InChI is InChI=1S/C10H10BrNO4/c1-6(13)16-5-8-3-7(11)4-9(12-8)10(14)15-2/h3-4H,5H2,1-2H3. The molecule has 0 aliphatic rings. The quantitative estimate of drug-likeness (QED) is 0.792. The number of methoxy groups -OCH3 is 1. The molecule has 0 spiro atoms. The van der Waals surface area contributed by atoms with Crippen molar-refractivity contribution in [2.75, 3.05) is 7.11 Å². The first-order chi connectivity index (χ1) is 7.52. The van der Waals surface area contributed by atoms with Gasteiger partial charge in [-0.1, -0.05) is 15.9 Å². The first kappa shape index (κ1) is 12.6. The Labute approximate surface area is 101 Å². The van der Waals surface area contributed by atoms with Gasteiger partial charge >= 0.3 is 11.9 Å². The number of hydrogen-bond donors (Lipinski definition) is 0. The van der Waals surface area contributed by atoms with Crippen LogP contribution in [-0.2, 0) is 20.9 Å². The predicted molar refractivity (Wildman–Crippen MR) is 58.7 cm³/mol. The second-order valence-corrected chi connectivity index (χ2v) is 3.85. The van der Waals surface area contributed by atoms with Crippen molar-refractivity contribution in [1.29, 1.82) is 0 Å². The zero-order valence-corrected chi connectivity index (χ0v) is 10.4. The van der Waals surface area contributed by atoms with Crippen molar-refractivity contribution in [1.82, 2.24) is 4.98 Å². The fraction of sp³-hybridized carbons (Fsp3) is 0.300. The van der Waals surface area contributed by atoms with Crippen LogP contribution >= 0.6 is 15.9 Å². The van der Waals surface area contributed by atoms with E-state index in [1.54, 1.807) is 6.07 Å². The molecule has 0 N–H and O–H groups in total. The molecular formula is C10H10BrNO4. The molecule has 0 radical (unpaired) electrons. The van der Waals surface area contributed by atoms with Gasteiger partial charge in [0.15, 0.2) is 0 Å². The van der Waals surface area contributed by atoms with E-state index in [0.29, 0.717) is 10.2 Å². The molecule has 5 nitrogen and oxygen atoms in total. The van der Waals surface area contributed by atoms with Crippen LogP contribution in [0.4, 0.5) is 0 Å². The summed E-state index contributed by atoms with van der Waals surface area (Å²) in [6.45, 7) is 1.33. The summed E-state index contributed by atoms with van der Waals surface area (Å²) in [5.74, 6) is -0.938. The molecule has 1 rings (SSSR count). The molecular weight excluding hydrogens is 278 g/mol. The minimum Gasteiger partial charge on any atom is -0.464 e. The fourth-order valence-corrected chi connectivity index (χ4v) is 1.49. The zero-order chi connectivity index (χ0) is 12.1. The third-order valence-electron chi connectivity index (χ3n) is 1.66. The van der Waals surface area contributed by atoms with Gasteiger partial charge in [0.2, 0.25) is 0 Å². The highest BCUT2D eigenvalue weighted by molar-refractivity contribution is 9.10. The van der Waals surface area contributed by atoms with E-state index in [1.807, 2.05) is 0 Å². The molecule has 0 fully saturated rings. The van der Waals surface area contributed by atoms with E-state index in [9.17, 15) is 9.59 Å². The van der Waals surface area contributed by atoms with Gasteiger partial charge in [-0.2, -0.15) is 0 Å². The Balaban J connectivity index is 2.89. The highest BCUT2D eigenvalue weighted by Crippen LogP contribution is 2.14. The summed E-state index contributed by atoms with van der Waals surface area (Å²) in [5.41, 5.74) is 0.643. The SMILES string of the molecule is COC(=O)c1cc(Br)cc(COC(C)=O)n1. The lowest BCUT2D eigenvalue weighted by Gasteiger charge is -2.04. The van der Waals surface area contributed by atoms with Crippen molar-refractivity contribution >= 4 is 27.9 Å². The molecule has 6 heteroatoms. The zero-order valence-electron chi connectivity index (χ0n) is 8.82. The first-order valence-electron chi connectivity index (χ1n) is 4.41. The number of pyridine rings is 1. The summed E-state index contributed by atoms with van der Waals surface area (Å²) >= 11 is 3.23. The van der Waals surface area contributed by atoms with Crippen molar-refractivity contribution in [3.63, 3.8) is 0 Å². The highest BCUT2D eigenvalue weighted by Gasteiger charge is 2.10. The van der Waals surface area contributed by atoms with Gasteiger partial charge in [-0.25, -0.2) is 9.78 Å². The van der Waals surface area contributed by atoms with Crippen LogP contribution in [-0.4, -0.2) is 24.0 Å². The Hall–Kier alpha value is -1.43. The van der Waals surface area contributed by atoms with E-state index in [4.69, 9.17) is 4.74 Å². The van der Waals surface area contributed by atoms with Crippen LogP contribution in [0.2, 0.25) is 0 Å². The average molecular weight is 288 g/mol. The van der Waals surface area contributed by atoms with Crippen LogP contribution < -0.4 is 0 Å². The molecule has 0 aromatic carbocycles. The van der Waals surface area contributed by atoms with Crippen LogP contribution in [0.15, 0.2) is 16.6 Å². The van der Waals surface area contributed by atoms with Crippen molar-refractivity contribution < 1.29 is 19.1 Å². The lowest BCUT2D eigenvalue weighted by atomic mass is 10.3. The molecule has 0 unspecified atom stereocenters. The highest BCUT2D eigenvalue weighted by atomic mass is 79.9. The smallest absolute Gasteiger partial charge is 0.356 e. The topological polar surface area (TPSA) is 65.5 Å². The van der Waals surface area contributed by atoms with Gasteiger partial charge in [0.1, 0.15) is 12.3 Å². The molecule has 16 heavy (non-hydrogen) atoms. The Kier molecular flexibility index (Phi) is 4.42. The van der Waals surface area contributed by atoms with Crippen molar-refractivity contribution in [3.05, 3.63) is 28.0 Å². The number of halogens is 1. The summed E-state index contributed by atoms with van der Waals surface area (Å²) in [5, 5.41) is 0. The van der Waals surface area contributed by atoms with E-state index in [0.717, 1.165) is 0 Å². The minimum atomic E-state index is -0.537. The number of esters is 2. The Morgan fingerprint density at radius 2 is 2.12 bits per heavy atom. The van der Waals surface area contributed by atoms with E-state index in [2.05, 4.69) is 25.7 Å². The van der Waals surface area contributed by atoms with Crippen LogP contribution in [0.25, 0.3) is 0 Å². The largest absolute Gasteiger partial charge is 0.464 e. The number of aromatic nitrogens is 1. The fourth-order valence-electron chi connectivity index (χ4n) is 1.01. The van der Waals surface area contributed by atoms with Gasteiger partial charge in [-0.3, -0.25) is 4.79 Å². The minimum absolute atomic E-state index is 0.0266. The second-order valence-electron chi connectivity index (χ2n) is 2.93. The number of nitrogens with zero attached hydrogens (tertiary/aromatic N) is 1. The van der Waals surface area contributed by atoms with Gasteiger partial charge in [0.25, 0.3) is 0 Å². The molecule has 0 amide bonds. The van der Waals surface area contributed by atoms with E-state index in [1.165, 1.54) is 20.1 Å². The maximum absolute atomic E-state index is 11.2. The van der Waals surface area contributed by atoms with Gasteiger partial charge in [0.05, 0.1) is 12.8 Å². The third kappa shape index (κ3) is 3.62. The maximum atomic E-state index is 11.2. The molecule has 0 saturated heterocycles.